The molecule has 0 amide bonds. The van der Waals surface area contributed by atoms with Gasteiger partial charge in [0.1, 0.15) is 0 Å². The fourth-order valence-corrected chi connectivity index (χ4v) is 3.40. The molecule has 1 heteroatoms. The van der Waals surface area contributed by atoms with Gasteiger partial charge < -0.3 is 5.32 Å². The van der Waals surface area contributed by atoms with Crippen LogP contribution < -0.4 is 5.32 Å². The first-order valence-corrected chi connectivity index (χ1v) is 7.67. The quantitative estimate of drug-likeness (QED) is 0.757. The van der Waals surface area contributed by atoms with E-state index in [1.54, 1.807) is 0 Å². The Bertz CT molecular complexity index is 745. The summed E-state index contributed by atoms with van der Waals surface area (Å²) in [6.07, 6.45) is 2.31. The molecule has 4 rings (SSSR count). The zero-order valence-corrected chi connectivity index (χ0v) is 12.0. The zero-order valence-electron chi connectivity index (χ0n) is 12.0. The number of hydrogen-bond acceptors (Lipinski definition) is 1. The summed E-state index contributed by atoms with van der Waals surface area (Å²) in [5.74, 6) is 0. The highest BCUT2D eigenvalue weighted by molar-refractivity contribution is 5.85. The van der Waals surface area contributed by atoms with E-state index in [0.29, 0.717) is 6.04 Å². The number of hydrogen-bond donors (Lipinski definition) is 1. The third kappa shape index (κ3) is 2.45. The molecule has 1 aliphatic carbocycles. The summed E-state index contributed by atoms with van der Waals surface area (Å²) in [5, 5.41) is 6.43. The van der Waals surface area contributed by atoms with Crippen molar-refractivity contribution >= 4 is 10.8 Å². The van der Waals surface area contributed by atoms with E-state index in [2.05, 4.69) is 72.0 Å². The maximum absolute atomic E-state index is 3.74. The second-order valence-corrected chi connectivity index (χ2v) is 5.89. The maximum atomic E-state index is 3.74. The van der Waals surface area contributed by atoms with E-state index in [9.17, 15) is 0 Å². The molecule has 0 spiro atoms. The molecule has 0 unspecified atom stereocenters. The molecule has 3 aromatic rings. The Hall–Kier alpha value is -2.12. The van der Waals surface area contributed by atoms with Crippen LogP contribution in [0.25, 0.3) is 10.8 Å². The molecule has 0 saturated carbocycles. The molecule has 3 aromatic carbocycles. The van der Waals surface area contributed by atoms with Gasteiger partial charge in [-0.2, -0.15) is 0 Å². The largest absolute Gasteiger partial charge is 0.309 e. The van der Waals surface area contributed by atoms with Gasteiger partial charge in [0, 0.05) is 12.6 Å². The standard InChI is InChI=1S/C20H19N/c1-2-8-17-13-19(12-16(17)7-1)21-14-18-10-5-9-15-6-3-4-11-20(15)18/h1-11,19,21H,12-14H2. The first-order chi connectivity index (χ1) is 10.4. The van der Waals surface area contributed by atoms with E-state index in [-0.39, 0.29) is 0 Å². The van der Waals surface area contributed by atoms with E-state index in [4.69, 9.17) is 0 Å². The lowest BCUT2D eigenvalue weighted by Crippen LogP contribution is -2.29. The van der Waals surface area contributed by atoms with E-state index in [0.717, 1.165) is 19.4 Å². The highest BCUT2D eigenvalue weighted by atomic mass is 14.9. The summed E-state index contributed by atoms with van der Waals surface area (Å²) in [5.41, 5.74) is 4.41. The van der Waals surface area contributed by atoms with Crippen molar-refractivity contribution in [1.82, 2.24) is 5.32 Å². The van der Waals surface area contributed by atoms with Gasteiger partial charge in [-0.1, -0.05) is 66.7 Å². The molecule has 0 fully saturated rings. The van der Waals surface area contributed by atoms with E-state index in [1.165, 1.54) is 27.5 Å². The molecule has 0 aromatic heterocycles. The lowest BCUT2D eigenvalue weighted by Gasteiger charge is -2.13. The van der Waals surface area contributed by atoms with Crippen LogP contribution in [0.4, 0.5) is 0 Å². The molecule has 0 heterocycles. The molecular formula is C20H19N. The zero-order chi connectivity index (χ0) is 14.1. The van der Waals surface area contributed by atoms with Crippen LogP contribution in [-0.2, 0) is 19.4 Å². The Morgan fingerprint density at radius 1 is 0.762 bits per heavy atom. The summed E-state index contributed by atoms with van der Waals surface area (Å²) in [7, 11) is 0. The van der Waals surface area contributed by atoms with Crippen molar-refractivity contribution in [3.05, 3.63) is 83.4 Å². The summed E-state index contributed by atoms with van der Waals surface area (Å²) in [4.78, 5) is 0. The van der Waals surface area contributed by atoms with Crippen LogP contribution in [0.1, 0.15) is 16.7 Å². The molecule has 0 saturated heterocycles. The first kappa shape index (κ1) is 12.6. The van der Waals surface area contributed by atoms with Crippen molar-refractivity contribution in [2.75, 3.05) is 0 Å². The lowest BCUT2D eigenvalue weighted by molar-refractivity contribution is 0.534. The molecular weight excluding hydrogens is 254 g/mol. The second-order valence-electron chi connectivity index (χ2n) is 5.89. The average molecular weight is 273 g/mol. The van der Waals surface area contributed by atoms with Crippen molar-refractivity contribution in [3.8, 4) is 0 Å². The molecule has 0 radical (unpaired) electrons. The Balaban J connectivity index is 1.50. The van der Waals surface area contributed by atoms with E-state index >= 15 is 0 Å². The molecule has 0 atom stereocenters. The van der Waals surface area contributed by atoms with Gasteiger partial charge in [-0.3, -0.25) is 0 Å². The number of benzene rings is 3. The fraction of sp³-hybridized carbons (Fsp3) is 0.200. The van der Waals surface area contributed by atoms with Crippen molar-refractivity contribution in [2.45, 2.75) is 25.4 Å². The van der Waals surface area contributed by atoms with Crippen LogP contribution in [0.5, 0.6) is 0 Å². The number of fused-ring (bicyclic) bond motifs is 2. The summed E-state index contributed by atoms with van der Waals surface area (Å²) >= 11 is 0. The molecule has 1 aliphatic rings. The van der Waals surface area contributed by atoms with Crippen molar-refractivity contribution < 1.29 is 0 Å². The van der Waals surface area contributed by atoms with E-state index in [1.807, 2.05) is 0 Å². The smallest absolute Gasteiger partial charge is 0.0214 e. The number of rotatable bonds is 3. The van der Waals surface area contributed by atoms with Crippen molar-refractivity contribution in [1.29, 1.82) is 0 Å². The first-order valence-electron chi connectivity index (χ1n) is 7.67. The fourth-order valence-electron chi connectivity index (χ4n) is 3.40. The molecule has 1 nitrogen and oxygen atoms in total. The maximum Gasteiger partial charge on any atom is 0.0214 e. The van der Waals surface area contributed by atoms with Crippen LogP contribution in [0.15, 0.2) is 66.7 Å². The van der Waals surface area contributed by atoms with Gasteiger partial charge in [0.15, 0.2) is 0 Å². The predicted octanol–water partition coefficient (Wildman–Crippen LogP) is 4.10. The topological polar surface area (TPSA) is 12.0 Å². The highest BCUT2D eigenvalue weighted by Crippen LogP contribution is 2.23. The molecule has 1 N–H and O–H groups in total. The van der Waals surface area contributed by atoms with Gasteiger partial charge in [-0.15, -0.1) is 0 Å². The van der Waals surface area contributed by atoms with Crippen molar-refractivity contribution in [2.24, 2.45) is 0 Å². The monoisotopic (exact) mass is 273 g/mol. The molecule has 104 valence electrons. The Labute approximate surface area is 125 Å². The Morgan fingerprint density at radius 2 is 1.43 bits per heavy atom. The minimum atomic E-state index is 0.571. The minimum Gasteiger partial charge on any atom is -0.309 e. The van der Waals surface area contributed by atoms with Gasteiger partial charge in [-0.25, -0.2) is 0 Å². The SMILES string of the molecule is c1ccc2c(c1)CC(NCc1cccc3ccccc13)C2. The van der Waals surface area contributed by atoms with Crippen LogP contribution in [0.2, 0.25) is 0 Å². The van der Waals surface area contributed by atoms with Gasteiger partial charge in [-0.05, 0) is 40.3 Å². The van der Waals surface area contributed by atoms with Gasteiger partial charge in [0.2, 0.25) is 0 Å². The molecule has 0 bridgehead atoms. The van der Waals surface area contributed by atoms with Crippen LogP contribution in [0.3, 0.4) is 0 Å². The van der Waals surface area contributed by atoms with Gasteiger partial charge in [0.05, 0.1) is 0 Å². The highest BCUT2D eigenvalue weighted by Gasteiger charge is 2.20. The van der Waals surface area contributed by atoms with Gasteiger partial charge >= 0.3 is 0 Å². The Kier molecular flexibility index (Phi) is 3.21. The van der Waals surface area contributed by atoms with Crippen LogP contribution in [-0.4, -0.2) is 6.04 Å². The Morgan fingerprint density at radius 3 is 2.24 bits per heavy atom. The van der Waals surface area contributed by atoms with Gasteiger partial charge in [0.25, 0.3) is 0 Å². The summed E-state index contributed by atoms with van der Waals surface area (Å²) in [6.45, 7) is 0.944. The lowest BCUT2D eigenvalue weighted by atomic mass is 10.0. The second kappa shape index (κ2) is 5.34. The van der Waals surface area contributed by atoms with Crippen LogP contribution in [0, 0.1) is 0 Å². The summed E-state index contributed by atoms with van der Waals surface area (Å²) < 4.78 is 0. The van der Waals surface area contributed by atoms with Crippen LogP contribution >= 0.6 is 0 Å². The van der Waals surface area contributed by atoms with Crippen molar-refractivity contribution in [3.63, 3.8) is 0 Å². The summed E-state index contributed by atoms with van der Waals surface area (Å²) in [6, 6.07) is 24.6. The molecule has 21 heavy (non-hydrogen) atoms. The normalized spacial score (nSPS) is 14.5. The minimum absolute atomic E-state index is 0.571. The third-order valence-electron chi connectivity index (χ3n) is 4.51. The predicted molar refractivity (Wildman–Crippen MR) is 88.4 cm³/mol. The average Bonchev–Trinajstić information content (AvgIpc) is 2.96. The van der Waals surface area contributed by atoms with E-state index < -0.39 is 0 Å². The third-order valence-corrected chi connectivity index (χ3v) is 4.51. The number of nitrogens with one attached hydrogen (secondary N) is 1. The molecule has 0 aliphatic heterocycles.